The Morgan fingerprint density at radius 1 is 1.03 bits per heavy atom. The quantitative estimate of drug-likeness (QED) is 0.169. The lowest BCUT2D eigenvalue weighted by Crippen LogP contribution is -2.52. The standard InChI is InChI=1S/C27H33N3O7S/c1-20(2)16-29(38(35,36)24-10-8-22(9-11-24)15-28-34)18-26(31)25(14-21-6-4-3-5-7-21)30(27(32)33)17-23-12-13-37-19-23/h3-13,15,19-20,25-26,31,34H,14,16-18H2,1-2H3,(H,32,33)/t25-,26+/m0/s1. The zero-order valence-corrected chi connectivity index (χ0v) is 22.1. The highest BCUT2D eigenvalue weighted by atomic mass is 32.2. The summed E-state index contributed by atoms with van der Waals surface area (Å²) in [5.41, 5.74) is 1.92. The normalized spacial score (nSPS) is 13.7. The Balaban J connectivity index is 1.94. The first-order chi connectivity index (χ1) is 18.1. The highest BCUT2D eigenvalue weighted by Crippen LogP contribution is 2.22. The van der Waals surface area contributed by atoms with Crippen LogP contribution in [0.4, 0.5) is 4.79 Å². The van der Waals surface area contributed by atoms with Crippen molar-refractivity contribution >= 4 is 22.3 Å². The molecule has 0 radical (unpaired) electrons. The largest absolute Gasteiger partial charge is 0.472 e. The number of aliphatic hydroxyl groups excluding tert-OH is 1. The SMILES string of the molecule is CC(C)CN(C[C@@H](O)[C@H](Cc1ccccc1)N(Cc1ccoc1)C(=O)O)S(=O)(=O)c1ccc(C=NO)cc1. The van der Waals surface area contributed by atoms with Crippen LogP contribution in [0.3, 0.4) is 0 Å². The van der Waals surface area contributed by atoms with E-state index < -0.39 is 28.3 Å². The van der Waals surface area contributed by atoms with Gasteiger partial charge in [-0.2, -0.15) is 4.31 Å². The molecule has 0 aliphatic heterocycles. The molecule has 0 unspecified atom stereocenters. The fraction of sp³-hybridized carbons (Fsp3) is 0.333. The van der Waals surface area contributed by atoms with Gasteiger partial charge in [-0.05, 0) is 41.7 Å². The van der Waals surface area contributed by atoms with E-state index in [1.165, 1.54) is 47.3 Å². The van der Waals surface area contributed by atoms with E-state index in [-0.39, 0.29) is 36.9 Å². The number of aliphatic hydroxyl groups is 1. The van der Waals surface area contributed by atoms with E-state index in [9.17, 15) is 23.4 Å². The van der Waals surface area contributed by atoms with Gasteiger partial charge >= 0.3 is 6.09 Å². The van der Waals surface area contributed by atoms with Crippen molar-refractivity contribution in [1.29, 1.82) is 0 Å². The van der Waals surface area contributed by atoms with Crippen molar-refractivity contribution in [3.63, 3.8) is 0 Å². The van der Waals surface area contributed by atoms with Gasteiger partial charge in [-0.1, -0.05) is 61.5 Å². The van der Waals surface area contributed by atoms with Crippen molar-refractivity contribution in [2.75, 3.05) is 13.1 Å². The van der Waals surface area contributed by atoms with Crippen LogP contribution in [0, 0.1) is 5.92 Å². The van der Waals surface area contributed by atoms with Crippen LogP contribution in [0.15, 0.2) is 87.7 Å². The summed E-state index contributed by atoms with van der Waals surface area (Å²) >= 11 is 0. The maximum absolute atomic E-state index is 13.6. The molecule has 11 heteroatoms. The smallest absolute Gasteiger partial charge is 0.407 e. The number of oxime groups is 1. The molecule has 0 saturated heterocycles. The van der Waals surface area contributed by atoms with Crippen LogP contribution in [0.2, 0.25) is 0 Å². The van der Waals surface area contributed by atoms with Crippen LogP contribution in [0.1, 0.15) is 30.5 Å². The average Bonchev–Trinajstić information content (AvgIpc) is 3.40. The summed E-state index contributed by atoms with van der Waals surface area (Å²) in [4.78, 5) is 13.5. The second-order valence-electron chi connectivity index (χ2n) is 9.40. The Bertz CT molecular complexity index is 1280. The predicted octanol–water partition coefficient (Wildman–Crippen LogP) is 3.89. The highest BCUT2D eigenvalue weighted by molar-refractivity contribution is 7.89. The second-order valence-corrected chi connectivity index (χ2v) is 11.3. The number of carbonyl (C=O) groups is 1. The van der Waals surface area contributed by atoms with Crippen molar-refractivity contribution < 1.29 is 33.0 Å². The monoisotopic (exact) mass is 543 g/mol. The maximum atomic E-state index is 13.6. The molecular formula is C27H33N3O7S. The van der Waals surface area contributed by atoms with Crippen molar-refractivity contribution in [3.05, 3.63) is 89.9 Å². The van der Waals surface area contributed by atoms with Gasteiger partial charge in [-0.15, -0.1) is 0 Å². The topological polar surface area (TPSA) is 144 Å². The molecule has 1 heterocycles. The molecule has 10 nitrogen and oxygen atoms in total. The third-order valence-corrected chi connectivity index (χ3v) is 7.84. The lowest BCUT2D eigenvalue weighted by Gasteiger charge is -2.35. The summed E-state index contributed by atoms with van der Waals surface area (Å²) < 4.78 is 33.5. The van der Waals surface area contributed by atoms with Gasteiger partial charge in [0.2, 0.25) is 10.0 Å². The highest BCUT2D eigenvalue weighted by Gasteiger charge is 2.35. The van der Waals surface area contributed by atoms with Crippen molar-refractivity contribution in [1.82, 2.24) is 9.21 Å². The number of amides is 1. The number of nitrogens with zero attached hydrogens (tertiary/aromatic N) is 3. The minimum absolute atomic E-state index is 0.00790. The third kappa shape index (κ3) is 7.67. The molecule has 2 aromatic carbocycles. The van der Waals surface area contributed by atoms with Crippen LogP contribution in [0.5, 0.6) is 0 Å². The fourth-order valence-electron chi connectivity index (χ4n) is 4.17. The van der Waals surface area contributed by atoms with Gasteiger partial charge in [0.25, 0.3) is 0 Å². The molecule has 3 N–H and O–H groups in total. The van der Waals surface area contributed by atoms with Gasteiger partial charge in [0.15, 0.2) is 0 Å². The summed E-state index contributed by atoms with van der Waals surface area (Å²) in [7, 11) is -4.04. The molecule has 0 aliphatic rings. The summed E-state index contributed by atoms with van der Waals surface area (Å²) in [5, 5.41) is 33.2. The molecule has 0 spiro atoms. The minimum atomic E-state index is -4.04. The lowest BCUT2D eigenvalue weighted by atomic mass is 9.99. The number of hydrogen-bond donors (Lipinski definition) is 3. The van der Waals surface area contributed by atoms with E-state index in [4.69, 9.17) is 9.62 Å². The Hall–Kier alpha value is -3.67. The first kappa shape index (κ1) is 28.9. The Morgan fingerprint density at radius 2 is 1.71 bits per heavy atom. The van der Waals surface area contributed by atoms with E-state index in [1.54, 1.807) is 6.07 Å². The maximum Gasteiger partial charge on any atom is 0.407 e. The molecule has 2 atom stereocenters. The number of carboxylic acid groups (broad SMARTS) is 1. The van der Waals surface area contributed by atoms with Crippen LogP contribution in [-0.2, 0) is 23.0 Å². The Kier molecular flexibility index (Phi) is 10.1. The van der Waals surface area contributed by atoms with Crippen molar-refractivity contribution in [2.45, 2.75) is 43.9 Å². The van der Waals surface area contributed by atoms with Gasteiger partial charge in [0.1, 0.15) is 0 Å². The van der Waals surface area contributed by atoms with E-state index in [1.807, 2.05) is 44.2 Å². The summed E-state index contributed by atoms with van der Waals surface area (Å²) in [6.45, 7) is 3.49. The zero-order chi connectivity index (χ0) is 27.7. The number of benzene rings is 2. The van der Waals surface area contributed by atoms with Gasteiger partial charge < -0.3 is 19.8 Å². The molecule has 38 heavy (non-hydrogen) atoms. The third-order valence-electron chi connectivity index (χ3n) is 6.00. The molecular weight excluding hydrogens is 510 g/mol. The van der Waals surface area contributed by atoms with Crippen LogP contribution in [0.25, 0.3) is 0 Å². The summed E-state index contributed by atoms with van der Waals surface area (Å²) in [6.07, 6.45) is 1.64. The molecule has 204 valence electrons. The van der Waals surface area contributed by atoms with Gasteiger partial charge in [-0.25, -0.2) is 13.2 Å². The van der Waals surface area contributed by atoms with Gasteiger partial charge in [0, 0.05) is 18.7 Å². The van der Waals surface area contributed by atoms with Gasteiger partial charge in [0.05, 0.1) is 42.3 Å². The van der Waals surface area contributed by atoms with Crippen LogP contribution in [-0.4, -0.2) is 70.6 Å². The second kappa shape index (κ2) is 13.2. The average molecular weight is 544 g/mol. The van der Waals surface area contributed by atoms with E-state index >= 15 is 0 Å². The molecule has 0 saturated carbocycles. The number of hydrogen-bond acceptors (Lipinski definition) is 7. The van der Waals surface area contributed by atoms with Gasteiger partial charge in [-0.3, -0.25) is 4.90 Å². The van der Waals surface area contributed by atoms with E-state index in [2.05, 4.69) is 5.16 Å². The molecule has 0 aliphatic carbocycles. The number of sulfonamides is 1. The first-order valence-corrected chi connectivity index (χ1v) is 13.6. The summed E-state index contributed by atoms with van der Waals surface area (Å²) in [5.74, 6) is -0.0631. The minimum Gasteiger partial charge on any atom is -0.472 e. The number of rotatable bonds is 13. The molecule has 0 fully saturated rings. The number of furan rings is 1. The van der Waals surface area contributed by atoms with Crippen molar-refractivity contribution in [3.8, 4) is 0 Å². The summed E-state index contributed by atoms with van der Waals surface area (Å²) in [6, 6.07) is 15.6. The predicted molar refractivity (Wildman–Crippen MR) is 142 cm³/mol. The van der Waals surface area contributed by atoms with Crippen LogP contribution >= 0.6 is 0 Å². The Labute approximate surface area is 222 Å². The van der Waals surface area contributed by atoms with Crippen LogP contribution < -0.4 is 0 Å². The zero-order valence-electron chi connectivity index (χ0n) is 21.3. The van der Waals surface area contributed by atoms with E-state index in [0.29, 0.717) is 11.1 Å². The first-order valence-electron chi connectivity index (χ1n) is 12.1. The molecule has 1 amide bonds. The van der Waals surface area contributed by atoms with E-state index in [0.717, 1.165) is 10.5 Å². The molecule has 3 aromatic rings. The molecule has 3 rings (SSSR count). The molecule has 1 aromatic heterocycles. The Morgan fingerprint density at radius 3 is 2.26 bits per heavy atom. The van der Waals surface area contributed by atoms with Crippen molar-refractivity contribution in [2.24, 2.45) is 11.1 Å². The lowest BCUT2D eigenvalue weighted by molar-refractivity contribution is 0.0336. The fourth-order valence-corrected chi connectivity index (χ4v) is 5.79. The molecule has 0 bridgehead atoms.